The van der Waals surface area contributed by atoms with E-state index in [2.05, 4.69) is 6.92 Å². The molecular formula is C18H40ClN3. The van der Waals surface area contributed by atoms with Crippen molar-refractivity contribution in [2.75, 3.05) is 19.6 Å². The molecule has 0 aliphatic carbocycles. The second-order valence-corrected chi connectivity index (χ2v) is 6.90. The monoisotopic (exact) mass is 333 g/mol. The highest BCUT2D eigenvalue weighted by Gasteiger charge is 2.15. The first-order valence-electron chi connectivity index (χ1n) is 9.58. The van der Waals surface area contributed by atoms with Gasteiger partial charge in [0.05, 0.1) is 0 Å². The summed E-state index contributed by atoms with van der Waals surface area (Å²) in [7, 11) is 0. The Bertz CT molecular complexity index is 215. The van der Waals surface area contributed by atoms with Crippen molar-refractivity contribution < 1.29 is 0 Å². The largest absolute Gasteiger partial charge is 0.330 e. The van der Waals surface area contributed by atoms with Crippen molar-refractivity contribution in [3.05, 3.63) is 0 Å². The van der Waals surface area contributed by atoms with Gasteiger partial charge in [0, 0.05) is 12.6 Å². The zero-order valence-electron chi connectivity index (χ0n) is 14.9. The highest BCUT2D eigenvalue weighted by molar-refractivity contribution is 6.13. The SMILES string of the molecule is CCCCCCCCCCCC(CCCN)N(Cl)CCCN. The van der Waals surface area contributed by atoms with E-state index in [0.29, 0.717) is 12.6 Å². The molecule has 0 amide bonds. The molecule has 22 heavy (non-hydrogen) atoms. The lowest BCUT2D eigenvalue weighted by Crippen LogP contribution is -2.29. The van der Waals surface area contributed by atoms with Gasteiger partial charge in [0.25, 0.3) is 0 Å². The van der Waals surface area contributed by atoms with Crippen molar-refractivity contribution in [3.8, 4) is 0 Å². The normalized spacial score (nSPS) is 13.0. The van der Waals surface area contributed by atoms with Crippen molar-refractivity contribution in [3.63, 3.8) is 0 Å². The third kappa shape index (κ3) is 13.8. The van der Waals surface area contributed by atoms with Gasteiger partial charge in [-0.05, 0) is 50.5 Å². The van der Waals surface area contributed by atoms with Gasteiger partial charge in [-0.3, -0.25) is 0 Å². The van der Waals surface area contributed by atoms with Crippen molar-refractivity contribution in [2.24, 2.45) is 11.5 Å². The maximum Gasteiger partial charge on any atom is 0.0252 e. The Morgan fingerprint density at radius 3 is 1.77 bits per heavy atom. The average Bonchev–Trinajstić information content (AvgIpc) is 2.53. The minimum Gasteiger partial charge on any atom is -0.330 e. The van der Waals surface area contributed by atoms with Crippen LogP contribution in [0.2, 0.25) is 0 Å². The van der Waals surface area contributed by atoms with Crippen molar-refractivity contribution in [2.45, 2.75) is 96.4 Å². The first-order chi connectivity index (χ1) is 10.8. The lowest BCUT2D eigenvalue weighted by Gasteiger charge is -2.25. The molecule has 0 spiro atoms. The molecule has 1 atom stereocenters. The van der Waals surface area contributed by atoms with Crippen LogP contribution in [0.4, 0.5) is 0 Å². The van der Waals surface area contributed by atoms with Crippen LogP contribution in [0.25, 0.3) is 0 Å². The molecule has 0 aliphatic rings. The van der Waals surface area contributed by atoms with Crippen molar-refractivity contribution in [1.82, 2.24) is 4.42 Å². The second-order valence-electron chi connectivity index (χ2n) is 6.47. The fourth-order valence-corrected chi connectivity index (χ4v) is 3.21. The Morgan fingerprint density at radius 1 is 0.727 bits per heavy atom. The van der Waals surface area contributed by atoms with Crippen molar-refractivity contribution >= 4 is 11.8 Å². The van der Waals surface area contributed by atoms with Crippen LogP contribution in [0.3, 0.4) is 0 Å². The topological polar surface area (TPSA) is 55.3 Å². The van der Waals surface area contributed by atoms with Crippen LogP contribution >= 0.6 is 11.8 Å². The van der Waals surface area contributed by atoms with Crippen LogP contribution < -0.4 is 11.5 Å². The van der Waals surface area contributed by atoms with Gasteiger partial charge in [0.1, 0.15) is 0 Å². The molecule has 0 bridgehead atoms. The van der Waals surface area contributed by atoms with Gasteiger partial charge in [0.15, 0.2) is 0 Å². The van der Waals surface area contributed by atoms with Gasteiger partial charge < -0.3 is 11.5 Å². The summed E-state index contributed by atoms with van der Waals surface area (Å²) in [5.41, 5.74) is 11.2. The molecule has 0 rings (SSSR count). The number of nitrogens with two attached hydrogens (primary N) is 2. The highest BCUT2D eigenvalue weighted by Crippen LogP contribution is 2.18. The molecule has 0 heterocycles. The minimum atomic E-state index is 0.473. The Labute approximate surface area is 144 Å². The van der Waals surface area contributed by atoms with Crippen LogP contribution in [-0.4, -0.2) is 30.1 Å². The van der Waals surface area contributed by atoms with Gasteiger partial charge >= 0.3 is 0 Å². The molecule has 0 fully saturated rings. The molecule has 134 valence electrons. The van der Waals surface area contributed by atoms with E-state index in [0.717, 1.165) is 32.4 Å². The molecule has 4 N–H and O–H groups in total. The van der Waals surface area contributed by atoms with Crippen LogP contribution in [0.1, 0.15) is 90.4 Å². The number of hydrogen-bond donors (Lipinski definition) is 2. The molecule has 0 saturated heterocycles. The smallest absolute Gasteiger partial charge is 0.0252 e. The molecular weight excluding hydrogens is 294 g/mol. The third-order valence-corrected chi connectivity index (χ3v) is 4.80. The van der Waals surface area contributed by atoms with Crippen LogP contribution in [0.15, 0.2) is 0 Å². The molecule has 0 saturated carbocycles. The second kappa shape index (κ2) is 17.5. The average molecular weight is 334 g/mol. The van der Waals surface area contributed by atoms with Gasteiger partial charge in [-0.25, -0.2) is 4.42 Å². The van der Waals surface area contributed by atoms with E-state index in [4.69, 9.17) is 23.2 Å². The van der Waals surface area contributed by atoms with Gasteiger partial charge in [0.2, 0.25) is 0 Å². The number of halogens is 1. The predicted molar refractivity (Wildman–Crippen MR) is 100 cm³/mol. The van der Waals surface area contributed by atoms with E-state index in [1.807, 2.05) is 4.42 Å². The summed E-state index contributed by atoms with van der Waals surface area (Å²) in [5, 5.41) is 0. The molecule has 0 aromatic carbocycles. The van der Waals surface area contributed by atoms with Crippen LogP contribution in [-0.2, 0) is 0 Å². The van der Waals surface area contributed by atoms with Gasteiger partial charge in [-0.1, -0.05) is 64.7 Å². The molecule has 0 aromatic heterocycles. The highest BCUT2D eigenvalue weighted by atomic mass is 35.5. The first kappa shape index (κ1) is 22.2. The fourth-order valence-electron chi connectivity index (χ4n) is 2.89. The van der Waals surface area contributed by atoms with E-state index in [1.165, 1.54) is 64.2 Å². The fraction of sp³-hybridized carbons (Fsp3) is 1.00. The summed E-state index contributed by atoms with van der Waals surface area (Å²) in [4.78, 5) is 0. The summed E-state index contributed by atoms with van der Waals surface area (Å²) in [5.74, 6) is 0. The molecule has 4 heteroatoms. The Morgan fingerprint density at radius 2 is 1.23 bits per heavy atom. The molecule has 1 unspecified atom stereocenters. The summed E-state index contributed by atoms with van der Waals surface area (Å²) in [6.45, 7) is 4.64. The number of rotatable bonds is 17. The molecule has 0 aliphatic heterocycles. The zero-order chi connectivity index (χ0) is 16.5. The maximum absolute atomic E-state index is 6.41. The van der Waals surface area contributed by atoms with E-state index in [9.17, 15) is 0 Å². The Hall–Kier alpha value is 0.170. The summed E-state index contributed by atoms with van der Waals surface area (Å²) >= 11 is 6.41. The standard InChI is InChI=1S/C18H40ClN3/c1-2-3-4-5-6-7-8-9-10-13-18(14-11-15-20)22(19)17-12-16-21/h18H,2-17,20-21H2,1H3. The van der Waals surface area contributed by atoms with Crippen LogP contribution in [0, 0.1) is 0 Å². The van der Waals surface area contributed by atoms with Gasteiger partial charge in [-0.2, -0.15) is 0 Å². The zero-order valence-corrected chi connectivity index (χ0v) is 15.6. The predicted octanol–water partition coefficient (Wildman–Crippen LogP) is 4.82. The number of hydrogen-bond acceptors (Lipinski definition) is 3. The van der Waals surface area contributed by atoms with E-state index in [-0.39, 0.29) is 0 Å². The molecule has 0 aromatic rings. The number of nitrogens with zero attached hydrogens (tertiary/aromatic N) is 1. The van der Waals surface area contributed by atoms with Gasteiger partial charge in [-0.15, -0.1) is 0 Å². The Kier molecular flexibility index (Phi) is 17.7. The quantitative estimate of drug-likeness (QED) is 0.296. The number of unbranched alkanes of at least 4 members (excludes halogenated alkanes) is 8. The first-order valence-corrected chi connectivity index (χ1v) is 9.92. The maximum atomic E-state index is 6.41. The molecule has 0 radical (unpaired) electrons. The van der Waals surface area contributed by atoms with E-state index < -0.39 is 0 Å². The summed E-state index contributed by atoms with van der Waals surface area (Å²) in [6.07, 6.45) is 16.7. The lowest BCUT2D eigenvalue weighted by atomic mass is 10.0. The summed E-state index contributed by atoms with van der Waals surface area (Å²) in [6, 6.07) is 0.473. The summed E-state index contributed by atoms with van der Waals surface area (Å²) < 4.78 is 1.98. The van der Waals surface area contributed by atoms with E-state index >= 15 is 0 Å². The van der Waals surface area contributed by atoms with Crippen LogP contribution in [0.5, 0.6) is 0 Å². The van der Waals surface area contributed by atoms with Crippen molar-refractivity contribution in [1.29, 1.82) is 0 Å². The third-order valence-electron chi connectivity index (χ3n) is 4.35. The lowest BCUT2D eigenvalue weighted by molar-refractivity contribution is 0.290. The van der Waals surface area contributed by atoms with E-state index in [1.54, 1.807) is 0 Å². The molecule has 3 nitrogen and oxygen atoms in total. The Balaban J connectivity index is 3.65. The minimum absolute atomic E-state index is 0.473.